The fraction of sp³-hybridized carbons (Fsp3) is 0.0455. The number of para-hydroxylation sites is 2. The van der Waals surface area contributed by atoms with Gasteiger partial charge in [0.15, 0.2) is 5.78 Å². The molecule has 0 saturated heterocycles. The maximum absolute atomic E-state index is 13.2. The Balaban J connectivity index is 1.62. The van der Waals surface area contributed by atoms with Crippen molar-refractivity contribution in [2.75, 3.05) is 16.8 Å². The first-order chi connectivity index (χ1) is 14.4. The predicted octanol–water partition coefficient (Wildman–Crippen LogP) is 2.66. The third-order valence-corrected chi connectivity index (χ3v) is 7.05. The van der Waals surface area contributed by atoms with Crippen LogP contribution in [0.4, 0.5) is 11.4 Å². The van der Waals surface area contributed by atoms with E-state index in [1.165, 1.54) is 35.2 Å². The van der Waals surface area contributed by atoms with Crippen LogP contribution in [0.3, 0.4) is 0 Å². The molecule has 0 atom stereocenters. The zero-order valence-electron chi connectivity index (χ0n) is 15.5. The number of carbonyl (C=O) groups excluding carboxylic acids is 3. The number of rotatable bonds is 1. The van der Waals surface area contributed by atoms with Gasteiger partial charge in [-0.1, -0.05) is 24.3 Å². The highest BCUT2D eigenvalue weighted by molar-refractivity contribution is 7.91. The van der Waals surface area contributed by atoms with Crippen LogP contribution in [-0.2, 0) is 14.6 Å². The second-order valence-electron chi connectivity index (χ2n) is 7.00. The minimum absolute atomic E-state index is 0.0297. The lowest BCUT2D eigenvalue weighted by Gasteiger charge is -2.29. The van der Waals surface area contributed by atoms with Gasteiger partial charge in [0.1, 0.15) is 6.54 Å². The maximum atomic E-state index is 13.2. The summed E-state index contributed by atoms with van der Waals surface area (Å²) in [7, 11) is -3.96. The molecule has 0 radical (unpaired) electrons. The monoisotopic (exact) mass is 418 g/mol. The molecule has 3 aromatic rings. The molecule has 5 rings (SSSR count). The fourth-order valence-electron chi connectivity index (χ4n) is 3.79. The van der Waals surface area contributed by atoms with Gasteiger partial charge in [-0.05, 0) is 42.5 Å². The van der Waals surface area contributed by atoms with Crippen molar-refractivity contribution in [2.24, 2.45) is 0 Å². The number of carbonyl (C=O) groups is 3. The minimum atomic E-state index is -3.96. The Labute approximate surface area is 171 Å². The first-order valence-electron chi connectivity index (χ1n) is 9.11. The van der Waals surface area contributed by atoms with Gasteiger partial charge in [0.05, 0.1) is 21.2 Å². The summed E-state index contributed by atoms with van der Waals surface area (Å²) < 4.78 is 26.2. The zero-order valence-corrected chi connectivity index (χ0v) is 16.3. The predicted molar refractivity (Wildman–Crippen MR) is 109 cm³/mol. The Kier molecular flexibility index (Phi) is 3.87. The Bertz CT molecular complexity index is 1380. The van der Waals surface area contributed by atoms with Crippen molar-refractivity contribution in [3.8, 4) is 0 Å². The molecule has 3 aromatic carbocycles. The van der Waals surface area contributed by atoms with E-state index in [2.05, 4.69) is 5.32 Å². The third-order valence-electron chi connectivity index (χ3n) is 5.20. The third kappa shape index (κ3) is 2.57. The number of nitrogens with zero attached hydrogens (tertiary/aromatic N) is 1. The van der Waals surface area contributed by atoms with Crippen LogP contribution in [0.15, 0.2) is 76.5 Å². The summed E-state index contributed by atoms with van der Waals surface area (Å²) >= 11 is 0. The molecule has 0 unspecified atom stereocenters. The van der Waals surface area contributed by atoms with Crippen LogP contribution in [0.5, 0.6) is 0 Å². The number of sulfone groups is 1. The molecular formula is C22H14N2O5S. The lowest BCUT2D eigenvalue weighted by atomic mass is 10.0. The van der Waals surface area contributed by atoms with E-state index in [9.17, 15) is 22.8 Å². The lowest BCUT2D eigenvalue weighted by Crippen LogP contribution is -2.42. The number of hydrogen-bond donors (Lipinski definition) is 1. The molecule has 0 fully saturated rings. The molecule has 30 heavy (non-hydrogen) atoms. The van der Waals surface area contributed by atoms with Crippen LogP contribution in [0, 0.1) is 0 Å². The molecule has 8 heteroatoms. The summed E-state index contributed by atoms with van der Waals surface area (Å²) in [5.74, 6) is -1.28. The van der Waals surface area contributed by atoms with Gasteiger partial charge in [-0.15, -0.1) is 0 Å². The highest BCUT2D eigenvalue weighted by Crippen LogP contribution is 2.36. The molecule has 148 valence electrons. The van der Waals surface area contributed by atoms with Gasteiger partial charge in [-0.2, -0.15) is 0 Å². The Morgan fingerprint density at radius 1 is 0.867 bits per heavy atom. The molecule has 2 aliphatic heterocycles. The molecule has 1 N–H and O–H groups in total. The van der Waals surface area contributed by atoms with Crippen LogP contribution in [0.1, 0.15) is 26.3 Å². The number of anilines is 2. The number of nitrogens with one attached hydrogen (secondary N) is 1. The van der Waals surface area contributed by atoms with Crippen molar-refractivity contribution in [1.29, 1.82) is 0 Å². The van der Waals surface area contributed by atoms with Gasteiger partial charge in [-0.25, -0.2) is 8.42 Å². The van der Waals surface area contributed by atoms with Gasteiger partial charge in [-0.3, -0.25) is 19.3 Å². The van der Waals surface area contributed by atoms with E-state index in [1.807, 2.05) is 0 Å². The SMILES string of the molecule is O=C1CN(C(=O)c2ccc3c(c2)S(=O)(=O)c2ccccc2C3=O)c2ccccc2N1. The molecular weight excluding hydrogens is 404 g/mol. The van der Waals surface area contributed by atoms with Gasteiger partial charge in [0.2, 0.25) is 15.7 Å². The van der Waals surface area contributed by atoms with E-state index >= 15 is 0 Å². The maximum Gasteiger partial charge on any atom is 0.258 e. The second kappa shape index (κ2) is 6.36. The Morgan fingerprint density at radius 2 is 1.57 bits per heavy atom. The van der Waals surface area contributed by atoms with Crippen molar-refractivity contribution in [1.82, 2.24) is 0 Å². The van der Waals surface area contributed by atoms with E-state index in [1.54, 1.807) is 36.4 Å². The van der Waals surface area contributed by atoms with Crippen molar-refractivity contribution in [2.45, 2.75) is 9.79 Å². The first-order valence-corrected chi connectivity index (χ1v) is 10.6. The summed E-state index contributed by atoms with van der Waals surface area (Å²) in [6, 6.07) is 16.8. The van der Waals surface area contributed by atoms with E-state index in [0.29, 0.717) is 11.4 Å². The van der Waals surface area contributed by atoms with Gasteiger partial charge >= 0.3 is 0 Å². The molecule has 0 aliphatic carbocycles. The highest BCUT2D eigenvalue weighted by Gasteiger charge is 2.36. The normalized spacial score (nSPS) is 16.2. The van der Waals surface area contributed by atoms with Crippen molar-refractivity contribution in [3.05, 3.63) is 83.4 Å². The zero-order chi connectivity index (χ0) is 21.0. The van der Waals surface area contributed by atoms with Crippen molar-refractivity contribution < 1.29 is 22.8 Å². The number of ketones is 1. The van der Waals surface area contributed by atoms with E-state index in [4.69, 9.17) is 0 Å². The Morgan fingerprint density at radius 3 is 2.40 bits per heavy atom. The molecule has 2 amide bonds. The fourth-order valence-corrected chi connectivity index (χ4v) is 5.46. The van der Waals surface area contributed by atoms with Crippen molar-refractivity contribution >= 4 is 38.8 Å². The molecule has 7 nitrogen and oxygen atoms in total. The largest absolute Gasteiger partial charge is 0.323 e. The van der Waals surface area contributed by atoms with E-state index in [0.717, 1.165) is 0 Å². The molecule has 2 aliphatic rings. The Hall–Kier alpha value is -3.78. The topological polar surface area (TPSA) is 101 Å². The number of benzene rings is 3. The van der Waals surface area contributed by atoms with Crippen LogP contribution < -0.4 is 10.2 Å². The van der Waals surface area contributed by atoms with Gasteiger partial charge in [0, 0.05) is 16.7 Å². The van der Waals surface area contributed by atoms with Crippen LogP contribution in [0.25, 0.3) is 0 Å². The van der Waals surface area contributed by atoms with E-state index < -0.39 is 21.5 Å². The molecule has 0 bridgehead atoms. The number of fused-ring (bicyclic) bond motifs is 3. The average molecular weight is 418 g/mol. The van der Waals surface area contributed by atoms with Gasteiger partial charge < -0.3 is 5.32 Å². The van der Waals surface area contributed by atoms with Crippen LogP contribution in [0.2, 0.25) is 0 Å². The first kappa shape index (κ1) is 18.3. The summed E-state index contributed by atoms with van der Waals surface area (Å²) in [6.45, 7) is -0.193. The second-order valence-corrected chi connectivity index (χ2v) is 8.88. The average Bonchev–Trinajstić information content (AvgIpc) is 2.76. The van der Waals surface area contributed by atoms with Crippen molar-refractivity contribution in [3.63, 3.8) is 0 Å². The van der Waals surface area contributed by atoms with E-state index in [-0.39, 0.29) is 38.9 Å². The summed E-state index contributed by atoms with van der Waals surface area (Å²) in [5, 5.41) is 2.70. The smallest absolute Gasteiger partial charge is 0.258 e. The highest BCUT2D eigenvalue weighted by atomic mass is 32.2. The molecule has 2 heterocycles. The quantitative estimate of drug-likeness (QED) is 0.512. The molecule has 0 saturated carbocycles. The molecule has 0 spiro atoms. The number of hydrogen-bond acceptors (Lipinski definition) is 5. The summed E-state index contributed by atoms with van der Waals surface area (Å²) in [6.07, 6.45) is 0. The standard InChI is InChI=1S/C22H14N2O5S/c25-20-12-24(17-7-3-2-6-16(17)23-20)22(27)13-9-10-15-19(11-13)30(28,29)18-8-4-1-5-14(18)21(15)26/h1-11H,12H2,(H,23,25). The summed E-state index contributed by atoms with van der Waals surface area (Å²) in [5.41, 5.74) is 1.24. The van der Waals surface area contributed by atoms with Crippen LogP contribution in [-0.4, -0.2) is 32.6 Å². The lowest BCUT2D eigenvalue weighted by molar-refractivity contribution is -0.115. The minimum Gasteiger partial charge on any atom is -0.323 e. The van der Waals surface area contributed by atoms with Gasteiger partial charge in [0.25, 0.3) is 5.91 Å². The van der Waals surface area contributed by atoms with Crippen LogP contribution >= 0.6 is 0 Å². The summed E-state index contributed by atoms with van der Waals surface area (Å²) in [4.78, 5) is 39.0. The molecule has 0 aromatic heterocycles. The number of amides is 2.